The maximum atomic E-state index is 3.64. The molecule has 1 unspecified atom stereocenters. The van der Waals surface area contributed by atoms with Crippen LogP contribution in [-0.2, 0) is 0 Å². The molecule has 1 atom stereocenters. The Bertz CT molecular complexity index is 396. The summed E-state index contributed by atoms with van der Waals surface area (Å²) < 4.78 is 1.22. The molecule has 1 aromatic carbocycles. The van der Waals surface area contributed by atoms with E-state index in [9.17, 15) is 0 Å². The molecule has 0 radical (unpaired) electrons. The molecule has 0 amide bonds. The summed E-state index contributed by atoms with van der Waals surface area (Å²) in [5, 5.41) is 3.64. The van der Waals surface area contributed by atoms with E-state index in [1.165, 1.54) is 40.4 Å². The van der Waals surface area contributed by atoms with Gasteiger partial charge in [-0.1, -0.05) is 41.8 Å². The van der Waals surface area contributed by atoms with Crippen LogP contribution in [0.25, 0.3) is 0 Å². The molecular formula is C15H22BrN. The van der Waals surface area contributed by atoms with Gasteiger partial charge in [-0.05, 0) is 55.5 Å². The zero-order valence-electron chi connectivity index (χ0n) is 11.0. The van der Waals surface area contributed by atoms with Crippen LogP contribution in [0.4, 0.5) is 0 Å². The van der Waals surface area contributed by atoms with E-state index in [2.05, 4.69) is 54.2 Å². The summed E-state index contributed by atoms with van der Waals surface area (Å²) in [5.41, 5.74) is 4.22. The van der Waals surface area contributed by atoms with E-state index in [1.54, 1.807) is 0 Å². The second-order valence-electron chi connectivity index (χ2n) is 5.25. The van der Waals surface area contributed by atoms with Gasteiger partial charge in [0.2, 0.25) is 0 Å². The van der Waals surface area contributed by atoms with Crippen molar-refractivity contribution in [2.45, 2.75) is 46.1 Å². The second-order valence-corrected chi connectivity index (χ2v) is 6.10. The first kappa shape index (κ1) is 13.1. The Morgan fingerprint density at radius 1 is 1.29 bits per heavy atom. The molecule has 94 valence electrons. The van der Waals surface area contributed by atoms with Gasteiger partial charge in [0.25, 0.3) is 0 Å². The third-order valence-electron chi connectivity index (χ3n) is 3.64. The van der Waals surface area contributed by atoms with Crippen molar-refractivity contribution < 1.29 is 0 Å². The third kappa shape index (κ3) is 3.32. The molecule has 0 saturated heterocycles. The van der Waals surface area contributed by atoms with E-state index in [4.69, 9.17) is 0 Å². The van der Waals surface area contributed by atoms with Gasteiger partial charge in [0.05, 0.1) is 0 Å². The summed E-state index contributed by atoms with van der Waals surface area (Å²) in [5.74, 6) is 0.961. The number of benzene rings is 1. The number of hydrogen-bond acceptors (Lipinski definition) is 1. The van der Waals surface area contributed by atoms with Gasteiger partial charge in [0.1, 0.15) is 0 Å². The monoisotopic (exact) mass is 295 g/mol. The van der Waals surface area contributed by atoms with Crippen molar-refractivity contribution in [2.75, 3.05) is 6.54 Å². The topological polar surface area (TPSA) is 12.0 Å². The van der Waals surface area contributed by atoms with Crippen LogP contribution in [0.3, 0.4) is 0 Å². The maximum absolute atomic E-state index is 3.64. The van der Waals surface area contributed by atoms with Gasteiger partial charge in [-0.2, -0.15) is 0 Å². The number of hydrogen-bond donors (Lipinski definition) is 1. The van der Waals surface area contributed by atoms with Crippen LogP contribution in [0.15, 0.2) is 16.6 Å². The van der Waals surface area contributed by atoms with Crippen molar-refractivity contribution in [3.8, 4) is 0 Å². The standard InChI is InChI=1S/C15H22BrN/c1-4-17-15(9-12-5-6-12)13-7-11(3)14(16)8-10(13)2/h7-8,12,15,17H,4-6,9H2,1-3H3. The minimum absolute atomic E-state index is 0.541. The van der Waals surface area contributed by atoms with Gasteiger partial charge in [-0.3, -0.25) is 0 Å². The van der Waals surface area contributed by atoms with Gasteiger partial charge >= 0.3 is 0 Å². The Kier molecular flexibility index (Phi) is 4.26. The lowest BCUT2D eigenvalue weighted by molar-refractivity contribution is 0.485. The number of aryl methyl sites for hydroxylation is 2. The average Bonchev–Trinajstić information content (AvgIpc) is 3.07. The van der Waals surface area contributed by atoms with Crippen molar-refractivity contribution in [2.24, 2.45) is 5.92 Å². The predicted octanol–water partition coefficient (Wildman–Crippen LogP) is 4.52. The Labute approximate surface area is 113 Å². The fourth-order valence-electron chi connectivity index (χ4n) is 2.43. The van der Waals surface area contributed by atoms with E-state index < -0.39 is 0 Å². The molecule has 0 aromatic heterocycles. The third-order valence-corrected chi connectivity index (χ3v) is 4.49. The highest BCUT2D eigenvalue weighted by molar-refractivity contribution is 9.10. The second kappa shape index (κ2) is 5.53. The molecule has 0 bridgehead atoms. The van der Waals surface area contributed by atoms with E-state index in [1.807, 2.05) is 0 Å². The minimum Gasteiger partial charge on any atom is -0.310 e. The quantitative estimate of drug-likeness (QED) is 0.842. The van der Waals surface area contributed by atoms with Crippen LogP contribution in [0.1, 0.15) is 48.9 Å². The summed E-state index contributed by atoms with van der Waals surface area (Å²) >= 11 is 3.61. The largest absolute Gasteiger partial charge is 0.310 e. The Morgan fingerprint density at radius 3 is 2.59 bits per heavy atom. The van der Waals surface area contributed by atoms with Gasteiger partial charge in [0.15, 0.2) is 0 Å². The zero-order chi connectivity index (χ0) is 12.4. The van der Waals surface area contributed by atoms with Crippen molar-refractivity contribution in [1.82, 2.24) is 5.32 Å². The number of rotatable bonds is 5. The van der Waals surface area contributed by atoms with E-state index in [0.29, 0.717) is 6.04 Å². The van der Waals surface area contributed by atoms with Crippen LogP contribution >= 0.6 is 15.9 Å². The van der Waals surface area contributed by atoms with Crippen molar-refractivity contribution in [1.29, 1.82) is 0 Å². The average molecular weight is 296 g/mol. The van der Waals surface area contributed by atoms with Crippen LogP contribution < -0.4 is 5.32 Å². The highest BCUT2D eigenvalue weighted by Gasteiger charge is 2.26. The lowest BCUT2D eigenvalue weighted by atomic mass is 9.95. The molecule has 1 aliphatic carbocycles. The lowest BCUT2D eigenvalue weighted by Gasteiger charge is -2.21. The van der Waals surface area contributed by atoms with E-state index >= 15 is 0 Å². The molecule has 1 fully saturated rings. The van der Waals surface area contributed by atoms with Crippen molar-refractivity contribution in [3.63, 3.8) is 0 Å². The molecule has 2 rings (SSSR count). The summed E-state index contributed by atoms with van der Waals surface area (Å²) in [6.45, 7) is 7.64. The Morgan fingerprint density at radius 2 is 2.00 bits per heavy atom. The Balaban J connectivity index is 2.23. The molecule has 1 saturated carbocycles. The smallest absolute Gasteiger partial charge is 0.0325 e. The fraction of sp³-hybridized carbons (Fsp3) is 0.600. The highest BCUT2D eigenvalue weighted by Crippen LogP contribution is 2.38. The Hall–Kier alpha value is -0.340. The van der Waals surface area contributed by atoms with Gasteiger partial charge < -0.3 is 5.32 Å². The van der Waals surface area contributed by atoms with Crippen molar-refractivity contribution >= 4 is 15.9 Å². The molecule has 0 spiro atoms. The van der Waals surface area contributed by atoms with Crippen LogP contribution in [0.5, 0.6) is 0 Å². The van der Waals surface area contributed by atoms with Crippen LogP contribution in [0, 0.1) is 19.8 Å². The normalized spacial score (nSPS) is 17.2. The molecule has 0 heterocycles. The molecular weight excluding hydrogens is 274 g/mol. The fourth-order valence-corrected chi connectivity index (χ4v) is 2.89. The van der Waals surface area contributed by atoms with Crippen molar-refractivity contribution in [3.05, 3.63) is 33.3 Å². The molecule has 1 nitrogen and oxygen atoms in total. The van der Waals surface area contributed by atoms with Crippen LogP contribution in [0.2, 0.25) is 0 Å². The SMILES string of the molecule is CCNC(CC1CC1)c1cc(C)c(Br)cc1C. The first-order valence-electron chi connectivity index (χ1n) is 6.61. The minimum atomic E-state index is 0.541. The molecule has 17 heavy (non-hydrogen) atoms. The predicted molar refractivity (Wildman–Crippen MR) is 77.4 cm³/mol. The summed E-state index contributed by atoms with van der Waals surface area (Å²) in [6.07, 6.45) is 4.16. The zero-order valence-corrected chi connectivity index (χ0v) is 12.6. The summed E-state index contributed by atoms with van der Waals surface area (Å²) in [4.78, 5) is 0. The summed E-state index contributed by atoms with van der Waals surface area (Å²) in [6, 6.07) is 5.14. The molecule has 2 heteroatoms. The molecule has 0 aliphatic heterocycles. The number of nitrogens with one attached hydrogen (secondary N) is 1. The van der Waals surface area contributed by atoms with Gasteiger partial charge in [-0.25, -0.2) is 0 Å². The van der Waals surface area contributed by atoms with Gasteiger partial charge in [-0.15, -0.1) is 0 Å². The highest BCUT2D eigenvalue weighted by atomic mass is 79.9. The van der Waals surface area contributed by atoms with Crippen LogP contribution in [-0.4, -0.2) is 6.54 Å². The lowest BCUT2D eigenvalue weighted by Crippen LogP contribution is -2.22. The molecule has 1 N–H and O–H groups in total. The summed E-state index contributed by atoms with van der Waals surface area (Å²) in [7, 11) is 0. The molecule has 1 aromatic rings. The van der Waals surface area contributed by atoms with Gasteiger partial charge in [0, 0.05) is 10.5 Å². The van der Waals surface area contributed by atoms with E-state index in [0.717, 1.165) is 12.5 Å². The maximum Gasteiger partial charge on any atom is 0.0325 e. The first-order valence-corrected chi connectivity index (χ1v) is 7.41. The number of halogens is 1. The first-order chi connectivity index (χ1) is 8.11. The molecule has 1 aliphatic rings. The van der Waals surface area contributed by atoms with E-state index in [-0.39, 0.29) is 0 Å².